The lowest BCUT2D eigenvalue weighted by atomic mass is 10.5. The van der Waals surface area contributed by atoms with Crippen molar-refractivity contribution < 1.29 is 14.0 Å². The van der Waals surface area contributed by atoms with Gasteiger partial charge >= 0.3 is 0 Å². The molecular weight excluding hydrogens is 124 g/mol. The molecule has 0 bridgehead atoms. The average molecular weight is 132 g/mol. The molecule has 1 saturated heterocycles. The van der Waals surface area contributed by atoms with Crippen LogP contribution in [0.2, 0.25) is 0 Å². The van der Waals surface area contributed by atoms with Gasteiger partial charge in [-0.25, -0.2) is 0 Å². The standard InChI is InChI=1S/C4H8O3Si/c1-6-8-4(5)3-2-7-3/h3H,2,8H2,1H3. The second-order valence-electron chi connectivity index (χ2n) is 1.72. The second kappa shape index (κ2) is 2.39. The fourth-order valence-electron chi connectivity index (χ4n) is 0.469. The number of rotatable bonds is 3. The summed E-state index contributed by atoms with van der Waals surface area (Å²) in [6, 6.07) is 0. The Morgan fingerprint density at radius 3 is 3.00 bits per heavy atom. The summed E-state index contributed by atoms with van der Waals surface area (Å²) in [5.74, 6) is 0. The molecule has 1 heterocycles. The van der Waals surface area contributed by atoms with Gasteiger partial charge in [-0.05, 0) is 0 Å². The van der Waals surface area contributed by atoms with Crippen molar-refractivity contribution in [1.82, 2.24) is 0 Å². The number of hydrogen-bond acceptors (Lipinski definition) is 3. The van der Waals surface area contributed by atoms with E-state index >= 15 is 0 Å². The fourth-order valence-corrected chi connectivity index (χ4v) is 1.18. The second-order valence-corrected chi connectivity index (χ2v) is 3.28. The SMILES string of the molecule is CO[SiH2]C(=O)C1CO1. The molecule has 1 fully saturated rings. The zero-order chi connectivity index (χ0) is 5.98. The number of carbonyl (C=O) groups is 1. The first-order valence-corrected chi connectivity index (χ1v) is 3.76. The van der Waals surface area contributed by atoms with Crippen LogP contribution in [0.5, 0.6) is 0 Å². The van der Waals surface area contributed by atoms with Crippen molar-refractivity contribution in [1.29, 1.82) is 0 Å². The maximum atomic E-state index is 10.6. The van der Waals surface area contributed by atoms with Gasteiger partial charge in [-0.3, -0.25) is 4.79 Å². The van der Waals surface area contributed by atoms with Crippen LogP contribution in [0, 0.1) is 0 Å². The number of epoxide rings is 1. The van der Waals surface area contributed by atoms with Gasteiger partial charge in [0.15, 0.2) is 5.41 Å². The zero-order valence-corrected chi connectivity index (χ0v) is 6.13. The van der Waals surface area contributed by atoms with E-state index in [4.69, 9.17) is 9.16 Å². The first kappa shape index (κ1) is 5.93. The van der Waals surface area contributed by atoms with E-state index in [1.54, 1.807) is 7.11 Å². The summed E-state index contributed by atoms with van der Waals surface area (Å²) >= 11 is 0. The Labute approximate surface area is 49.9 Å². The molecule has 1 aliphatic heterocycles. The Bertz CT molecular complexity index is 99.5. The first-order chi connectivity index (χ1) is 3.84. The van der Waals surface area contributed by atoms with E-state index < -0.39 is 9.76 Å². The molecule has 1 atom stereocenters. The zero-order valence-electron chi connectivity index (χ0n) is 4.72. The molecule has 1 unspecified atom stereocenters. The molecule has 0 spiro atoms. The minimum atomic E-state index is -0.903. The molecule has 1 rings (SSSR count). The summed E-state index contributed by atoms with van der Waals surface area (Å²) in [6.07, 6.45) is -0.0818. The van der Waals surface area contributed by atoms with Crippen molar-refractivity contribution in [3.63, 3.8) is 0 Å². The summed E-state index contributed by atoms with van der Waals surface area (Å²) in [5.41, 5.74) is 0. The van der Waals surface area contributed by atoms with Crippen LogP contribution in [-0.4, -0.2) is 35.0 Å². The molecule has 0 aromatic heterocycles. The number of carbonyl (C=O) groups excluding carboxylic acids is 1. The van der Waals surface area contributed by atoms with E-state index in [0.29, 0.717) is 6.61 Å². The summed E-state index contributed by atoms with van der Waals surface area (Å²) < 4.78 is 9.44. The topological polar surface area (TPSA) is 38.8 Å². The summed E-state index contributed by atoms with van der Waals surface area (Å²) in [5, 5.41) is 0.188. The van der Waals surface area contributed by atoms with Crippen molar-refractivity contribution in [3.8, 4) is 0 Å². The molecule has 1 aliphatic rings. The Kier molecular flexibility index (Phi) is 1.77. The summed E-state index contributed by atoms with van der Waals surface area (Å²) in [6.45, 7) is 0.620. The van der Waals surface area contributed by atoms with Gasteiger partial charge in [0.25, 0.3) is 0 Å². The monoisotopic (exact) mass is 132 g/mol. The van der Waals surface area contributed by atoms with Crippen LogP contribution in [0.25, 0.3) is 0 Å². The summed E-state index contributed by atoms with van der Waals surface area (Å²) in [7, 11) is 0.659. The maximum absolute atomic E-state index is 10.6. The molecule has 0 amide bonds. The predicted octanol–water partition coefficient (Wildman–Crippen LogP) is -1.36. The van der Waals surface area contributed by atoms with Gasteiger partial charge < -0.3 is 9.16 Å². The van der Waals surface area contributed by atoms with Crippen LogP contribution >= 0.6 is 0 Å². The van der Waals surface area contributed by atoms with Gasteiger partial charge in [-0.15, -0.1) is 0 Å². The van der Waals surface area contributed by atoms with Gasteiger partial charge in [0.05, 0.1) is 6.61 Å². The molecule has 4 heteroatoms. The van der Waals surface area contributed by atoms with Crippen molar-refractivity contribution in [2.75, 3.05) is 13.7 Å². The highest BCUT2D eigenvalue weighted by atomic mass is 28.2. The van der Waals surface area contributed by atoms with Gasteiger partial charge in [0.1, 0.15) is 6.10 Å². The first-order valence-electron chi connectivity index (χ1n) is 2.48. The molecule has 0 N–H and O–H groups in total. The maximum Gasteiger partial charge on any atom is 0.237 e. The Balaban J connectivity index is 2.13. The van der Waals surface area contributed by atoms with Crippen LogP contribution in [0.4, 0.5) is 0 Å². The molecule has 0 saturated carbocycles. The van der Waals surface area contributed by atoms with Gasteiger partial charge in [0.2, 0.25) is 9.76 Å². The van der Waals surface area contributed by atoms with E-state index in [1.165, 1.54) is 0 Å². The van der Waals surface area contributed by atoms with Gasteiger partial charge in [-0.1, -0.05) is 0 Å². The largest absolute Gasteiger partial charge is 0.418 e. The van der Waals surface area contributed by atoms with Gasteiger partial charge in [-0.2, -0.15) is 0 Å². The smallest absolute Gasteiger partial charge is 0.237 e. The minimum absolute atomic E-state index is 0.0818. The molecule has 0 radical (unpaired) electrons. The lowest BCUT2D eigenvalue weighted by Gasteiger charge is -1.88. The Hall–Kier alpha value is -0.193. The van der Waals surface area contributed by atoms with E-state index in [-0.39, 0.29) is 11.5 Å². The lowest BCUT2D eigenvalue weighted by molar-refractivity contribution is -0.113. The Morgan fingerprint density at radius 2 is 2.62 bits per heavy atom. The fraction of sp³-hybridized carbons (Fsp3) is 0.750. The van der Waals surface area contributed by atoms with Crippen molar-refractivity contribution in [2.45, 2.75) is 6.10 Å². The highest BCUT2D eigenvalue weighted by molar-refractivity contribution is 6.70. The normalized spacial score (nSPS) is 26.9. The molecule has 3 nitrogen and oxygen atoms in total. The predicted molar refractivity (Wildman–Crippen MR) is 30.3 cm³/mol. The minimum Gasteiger partial charge on any atom is -0.418 e. The molecule has 8 heavy (non-hydrogen) atoms. The third-order valence-corrected chi connectivity index (χ3v) is 2.01. The van der Waals surface area contributed by atoms with E-state index in [2.05, 4.69) is 0 Å². The average Bonchev–Trinajstić information content (AvgIpc) is 2.45. The third kappa shape index (κ3) is 1.40. The highest BCUT2D eigenvalue weighted by Gasteiger charge is 2.30. The third-order valence-electron chi connectivity index (χ3n) is 0.979. The van der Waals surface area contributed by atoms with Crippen molar-refractivity contribution in [3.05, 3.63) is 0 Å². The Morgan fingerprint density at radius 1 is 2.00 bits per heavy atom. The van der Waals surface area contributed by atoms with E-state index in [1.807, 2.05) is 0 Å². The molecule has 0 aromatic carbocycles. The highest BCUT2D eigenvalue weighted by Crippen LogP contribution is 2.08. The van der Waals surface area contributed by atoms with Crippen molar-refractivity contribution >= 4 is 15.2 Å². The molecular formula is C4H8O3Si. The number of ether oxygens (including phenoxy) is 1. The van der Waals surface area contributed by atoms with Crippen molar-refractivity contribution in [2.24, 2.45) is 0 Å². The van der Waals surface area contributed by atoms with Crippen LogP contribution in [0.15, 0.2) is 0 Å². The van der Waals surface area contributed by atoms with Crippen LogP contribution in [0.1, 0.15) is 0 Å². The summed E-state index contributed by atoms with van der Waals surface area (Å²) in [4.78, 5) is 10.6. The van der Waals surface area contributed by atoms with E-state index in [0.717, 1.165) is 0 Å². The van der Waals surface area contributed by atoms with Crippen LogP contribution in [-0.2, 0) is 14.0 Å². The molecule has 0 aromatic rings. The quantitative estimate of drug-likeness (QED) is 0.352. The molecule has 0 aliphatic carbocycles. The van der Waals surface area contributed by atoms with Crippen LogP contribution < -0.4 is 0 Å². The van der Waals surface area contributed by atoms with Gasteiger partial charge in [0, 0.05) is 7.11 Å². The number of hydrogen-bond donors (Lipinski definition) is 0. The van der Waals surface area contributed by atoms with E-state index in [9.17, 15) is 4.79 Å². The lowest BCUT2D eigenvalue weighted by Crippen LogP contribution is -2.16. The van der Waals surface area contributed by atoms with Crippen LogP contribution in [0.3, 0.4) is 0 Å². The molecule has 46 valence electrons.